The van der Waals surface area contributed by atoms with E-state index >= 15 is 0 Å². The second-order valence-corrected chi connectivity index (χ2v) is 10.1. The Morgan fingerprint density at radius 3 is 2.59 bits per heavy atom. The molecule has 0 atom stereocenters. The minimum Gasteiger partial charge on any atom is -0.381 e. The minimum absolute atomic E-state index is 0.0487. The van der Waals surface area contributed by atoms with Crippen molar-refractivity contribution in [3.05, 3.63) is 68.1 Å². The molecule has 0 saturated carbocycles. The van der Waals surface area contributed by atoms with Crippen LogP contribution in [0.1, 0.15) is 51.3 Å². The van der Waals surface area contributed by atoms with Gasteiger partial charge in [-0.15, -0.1) is 0 Å². The molecule has 2 aromatic heterocycles. The van der Waals surface area contributed by atoms with Crippen molar-refractivity contribution in [2.45, 2.75) is 33.1 Å². The zero-order valence-electron chi connectivity index (χ0n) is 19.3. The summed E-state index contributed by atoms with van der Waals surface area (Å²) >= 11 is 13.3. The molecule has 2 saturated heterocycles. The maximum atomic E-state index is 13.3. The van der Waals surface area contributed by atoms with E-state index in [0.29, 0.717) is 45.0 Å². The van der Waals surface area contributed by atoms with Gasteiger partial charge in [-0.2, -0.15) is 5.26 Å². The van der Waals surface area contributed by atoms with Gasteiger partial charge in [-0.25, -0.2) is 4.98 Å². The monoisotopic (exact) mass is 496 g/mol. The van der Waals surface area contributed by atoms with E-state index in [1.54, 1.807) is 18.3 Å². The van der Waals surface area contributed by atoms with Gasteiger partial charge in [0.1, 0.15) is 11.7 Å². The van der Waals surface area contributed by atoms with Crippen molar-refractivity contribution in [1.82, 2.24) is 14.3 Å². The van der Waals surface area contributed by atoms with Crippen molar-refractivity contribution in [3.8, 4) is 6.07 Å². The maximum Gasteiger partial charge on any atom is 0.255 e. The second kappa shape index (κ2) is 9.22. The predicted molar refractivity (Wildman–Crippen MR) is 132 cm³/mol. The molecule has 5 rings (SSSR count). The average molecular weight is 497 g/mol. The number of fused-ring (bicyclic) bond motifs is 1. The first-order chi connectivity index (χ1) is 16.4. The van der Waals surface area contributed by atoms with Gasteiger partial charge in [0.2, 0.25) is 0 Å². The zero-order chi connectivity index (χ0) is 24.0. The summed E-state index contributed by atoms with van der Waals surface area (Å²) in [5.74, 6) is 1.23. The molecule has 34 heavy (non-hydrogen) atoms. The molecule has 176 valence electrons. The summed E-state index contributed by atoms with van der Waals surface area (Å²) in [4.78, 5) is 20.0. The number of amides is 1. The van der Waals surface area contributed by atoms with Crippen LogP contribution >= 0.6 is 23.2 Å². The number of pyridine rings is 1. The minimum atomic E-state index is -0.0487. The Balaban J connectivity index is 1.41. The molecule has 4 heterocycles. The number of nitriles is 1. The quantitative estimate of drug-likeness (QED) is 0.496. The van der Waals surface area contributed by atoms with Crippen LogP contribution in [0.25, 0.3) is 5.65 Å². The van der Waals surface area contributed by atoms with Crippen molar-refractivity contribution in [2.24, 2.45) is 11.8 Å². The molecule has 0 aliphatic carbocycles. The number of benzene rings is 1. The zero-order valence-corrected chi connectivity index (χ0v) is 20.8. The number of aromatic nitrogens is 2. The third kappa shape index (κ3) is 4.07. The van der Waals surface area contributed by atoms with Gasteiger partial charge in [-0.3, -0.25) is 4.79 Å². The number of rotatable bonds is 4. The Bertz CT molecular complexity index is 1310. The number of imidazole rings is 1. The van der Waals surface area contributed by atoms with E-state index in [9.17, 15) is 10.1 Å². The van der Waals surface area contributed by atoms with Crippen molar-refractivity contribution in [2.75, 3.05) is 26.3 Å². The van der Waals surface area contributed by atoms with Gasteiger partial charge >= 0.3 is 0 Å². The molecular weight excluding hydrogens is 471 g/mol. The molecule has 2 aliphatic rings. The SMILES string of the molecule is Cc1cc(C#N)cn2c(C)c(Cc3c(Cl)ccc(C(=O)N4CCC(C5COC5)CC4)c3Cl)nc12. The van der Waals surface area contributed by atoms with E-state index in [0.717, 1.165) is 61.7 Å². The molecular formula is C26H26Cl2N4O2. The average Bonchev–Trinajstić information content (AvgIpc) is 3.11. The Morgan fingerprint density at radius 2 is 1.94 bits per heavy atom. The van der Waals surface area contributed by atoms with Crippen LogP contribution in [0.3, 0.4) is 0 Å². The lowest BCUT2D eigenvalue weighted by Crippen LogP contribution is -2.44. The van der Waals surface area contributed by atoms with Crippen LogP contribution in [-0.4, -0.2) is 46.5 Å². The molecule has 1 amide bonds. The van der Waals surface area contributed by atoms with E-state index in [-0.39, 0.29) is 5.91 Å². The number of hydrogen-bond acceptors (Lipinski definition) is 4. The van der Waals surface area contributed by atoms with Crippen molar-refractivity contribution >= 4 is 34.8 Å². The molecule has 0 N–H and O–H groups in total. The van der Waals surface area contributed by atoms with Crippen molar-refractivity contribution in [3.63, 3.8) is 0 Å². The topological polar surface area (TPSA) is 70.6 Å². The third-order valence-electron chi connectivity index (χ3n) is 7.29. The van der Waals surface area contributed by atoms with E-state index in [2.05, 4.69) is 6.07 Å². The molecule has 2 fully saturated rings. The summed E-state index contributed by atoms with van der Waals surface area (Å²) < 4.78 is 7.26. The number of likely N-dealkylation sites (tertiary alicyclic amines) is 1. The number of carbonyl (C=O) groups excluding carboxylic acids is 1. The highest BCUT2D eigenvalue weighted by Crippen LogP contribution is 2.34. The summed E-state index contributed by atoms with van der Waals surface area (Å²) in [7, 11) is 0. The van der Waals surface area contributed by atoms with Gasteiger partial charge in [0.15, 0.2) is 0 Å². The van der Waals surface area contributed by atoms with Crippen LogP contribution in [-0.2, 0) is 11.2 Å². The fourth-order valence-corrected chi connectivity index (χ4v) is 5.65. The number of carbonyl (C=O) groups is 1. The Morgan fingerprint density at radius 1 is 1.21 bits per heavy atom. The summed E-state index contributed by atoms with van der Waals surface area (Å²) in [5, 5.41) is 10.2. The molecule has 0 spiro atoms. The smallest absolute Gasteiger partial charge is 0.255 e. The van der Waals surface area contributed by atoms with Crippen LogP contribution in [0, 0.1) is 37.0 Å². The van der Waals surface area contributed by atoms with Gasteiger partial charge in [-0.05, 0) is 61.9 Å². The normalized spacial score (nSPS) is 17.1. The number of halogens is 2. The highest BCUT2D eigenvalue weighted by molar-refractivity contribution is 6.38. The standard InChI is InChI=1S/C26H26Cl2N4O2/c1-15-9-17(11-29)12-32-16(2)23(30-25(15)32)10-21-22(27)4-3-20(24(21)28)26(33)31-7-5-18(6-8-31)19-13-34-14-19/h3-4,9,12,18-19H,5-8,10,13-14H2,1-2H3. The largest absolute Gasteiger partial charge is 0.381 e. The first kappa shape index (κ1) is 23.2. The molecule has 3 aromatic rings. The maximum absolute atomic E-state index is 13.3. The Labute approximate surface area is 209 Å². The van der Waals surface area contributed by atoms with Gasteiger partial charge in [0, 0.05) is 42.3 Å². The summed E-state index contributed by atoms with van der Waals surface area (Å²) in [5.41, 5.74) is 5.21. The lowest BCUT2D eigenvalue weighted by atomic mass is 9.83. The number of hydrogen-bond donors (Lipinski definition) is 0. The first-order valence-electron chi connectivity index (χ1n) is 11.6. The van der Waals surface area contributed by atoms with Gasteiger partial charge in [0.05, 0.1) is 35.1 Å². The first-order valence-corrected chi connectivity index (χ1v) is 12.3. The summed E-state index contributed by atoms with van der Waals surface area (Å²) in [6.07, 6.45) is 4.19. The number of piperidine rings is 1. The van der Waals surface area contributed by atoms with E-state index in [1.165, 1.54) is 0 Å². The van der Waals surface area contributed by atoms with Crippen LogP contribution in [0.15, 0.2) is 24.4 Å². The highest BCUT2D eigenvalue weighted by Gasteiger charge is 2.33. The van der Waals surface area contributed by atoms with Crippen LogP contribution < -0.4 is 0 Å². The fourth-order valence-electron chi connectivity index (χ4n) is 5.06. The predicted octanol–water partition coefficient (Wildman–Crippen LogP) is 5.22. The summed E-state index contributed by atoms with van der Waals surface area (Å²) in [6, 6.07) is 7.49. The molecule has 0 bridgehead atoms. The van der Waals surface area contributed by atoms with E-state index < -0.39 is 0 Å². The van der Waals surface area contributed by atoms with Crippen LogP contribution in [0.2, 0.25) is 10.0 Å². The lowest BCUT2D eigenvalue weighted by Gasteiger charge is -2.39. The van der Waals surface area contributed by atoms with Gasteiger partial charge < -0.3 is 14.0 Å². The number of ether oxygens (including phenoxy) is 1. The van der Waals surface area contributed by atoms with Gasteiger partial charge in [0.25, 0.3) is 5.91 Å². The van der Waals surface area contributed by atoms with Crippen molar-refractivity contribution < 1.29 is 9.53 Å². The van der Waals surface area contributed by atoms with Crippen LogP contribution in [0.5, 0.6) is 0 Å². The molecule has 8 heteroatoms. The second-order valence-electron chi connectivity index (χ2n) is 9.35. The van der Waals surface area contributed by atoms with E-state index in [1.807, 2.05) is 29.2 Å². The molecule has 0 radical (unpaired) electrons. The Hall–Kier alpha value is -2.59. The van der Waals surface area contributed by atoms with E-state index in [4.69, 9.17) is 32.9 Å². The number of aryl methyl sites for hydroxylation is 2. The third-order valence-corrected chi connectivity index (χ3v) is 8.07. The Kier molecular flexibility index (Phi) is 6.28. The van der Waals surface area contributed by atoms with Crippen LogP contribution in [0.4, 0.5) is 0 Å². The highest BCUT2D eigenvalue weighted by atomic mass is 35.5. The summed E-state index contributed by atoms with van der Waals surface area (Å²) in [6.45, 7) is 7.08. The fraction of sp³-hybridized carbons (Fsp3) is 0.423. The molecule has 6 nitrogen and oxygen atoms in total. The molecule has 1 aromatic carbocycles. The molecule has 2 aliphatic heterocycles. The number of nitrogens with zero attached hydrogens (tertiary/aromatic N) is 4. The lowest BCUT2D eigenvalue weighted by molar-refractivity contribution is -0.0707. The molecule has 0 unspecified atom stereocenters. The van der Waals surface area contributed by atoms with Gasteiger partial charge in [-0.1, -0.05) is 23.2 Å². The van der Waals surface area contributed by atoms with Crippen molar-refractivity contribution in [1.29, 1.82) is 5.26 Å².